The first-order chi connectivity index (χ1) is 9.39. The van der Waals surface area contributed by atoms with Gasteiger partial charge in [0.1, 0.15) is 5.82 Å². The van der Waals surface area contributed by atoms with E-state index in [4.69, 9.17) is 28.9 Å². The molecular weight excluding hydrogens is 296 g/mol. The molecule has 0 spiro atoms. The van der Waals surface area contributed by atoms with E-state index in [0.29, 0.717) is 28.5 Å². The van der Waals surface area contributed by atoms with Crippen molar-refractivity contribution >= 4 is 23.2 Å². The number of rotatable bonds is 4. The number of nitrogens with two attached hydrogens (primary N) is 1. The maximum Gasteiger partial charge on any atom is 0.126 e. The van der Waals surface area contributed by atoms with Crippen LogP contribution in [0.4, 0.5) is 4.39 Å². The first-order valence-electron chi connectivity index (χ1n) is 6.34. The van der Waals surface area contributed by atoms with E-state index >= 15 is 0 Å². The first-order valence-corrected chi connectivity index (χ1v) is 7.10. The van der Waals surface area contributed by atoms with Gasteiger partial charge in [0.25, 0.3) is 0 Å². The van der Waals surface area contributed by atoms with Crippen LogP contribution in [0.5, 0.6) is 0 Å². The molecule has 1 unspecified atom stereocenters. The molecule has 0 aliphatic carbocycles. The van der Waals surface area contributed by atoms with Gasteiger partial charge in [-0.2, -0.15) is 0 Å². The Balaban J connectivity index is 2.19. The molecule has 2 aromatic rings. The zero-order valence-electron chi connectivity index (χ0n) is 11.2. The summed E-state index contributed by atoms with van der Waals surface area (Å²) in [5, 5.41) is 1.02. The SMILES string of the molecule is CC(N)(Cc1ccccc1F)Cc1cccc(Cl)c1Cl. The summed E-state index contributed by atoms with van der Waals surface area (Å²) in [7, 11) is 0. The van der Waals surface area contributed by atoms with Crippen molar-refractivity contribution < 1.29 is 4.39 Å². The van der Waals surface area contributed by atoms with Crippen LogP contribution in [0.25, 0.3) is 0 Å². The van der Waals surface area contributed by atoms with Gasteiger partial charge >= 0.3 is 0 Å². The molecule has 2 rings (SSSR count). The number of benzene rings is 2. The molecule has 0 aliphatic rings. The average molecular weight is 312 g/mol. The van der Waals surface area contributed by atoms with Gasteiger partial charge < -0.3 is 5.73 Å². The largest absolute Gasteiger partial charge is 0.325 e. The smallest absolute Gasteiger partial charge is 0.126 e. The van der Waals surface area contributed by atoms with Gasteiger partial charge in [-0.1, -0.05) is 53.5 Å². The van der Waals surface area contributed by atoms with Crippen molar-refractivity contribution in [1.29, 1.82) is 0 Å². The second kappa shape index (κ2) is 6.13. The second-order valence-electron chi connectivity index (χ2n) is 5.31. The monoisotopic (exact) mass is 311 g/mol. The lowest BCUT2D eigenvalue weighted by atomic mass is 9.87. The Labute approximate surface area is 128 Å². The molecule has 0 fully saturated rings. The molecule has 0 bridgehead atoms. The molecule has 20 heavy (non-hydrogen) atoms. The molecule has 0 saturated carbocycles. The summed E-state index contributed by atoms with van der Waals surface area (Å²) in [4.78, 5) is 0. The molecule has 0 aromatic heterocycles. The number of halogens is 3. The zero-order valence-corrected chi connectivity index (χ0v) is 12.7. The van der Waals surface area contributed by atoms with Crippen molar-refractivity contribution in [3.63, 3.8) is 0 Å². The third kappa shape index (κ3) is 3.72. The second-order valence-corrected chi connectivity index (χ2v) is 6.10. The number of hydrogen-bond donors (Lipinski definition) is 1. The Bertz CT molecular complexity index is 611. The Hall–Kier alpha value is -1.09. The summed E-state index contributed by atoms with van der Waals surface area (Å²) in [6.45, 7) is 1.89. The molecule has 0 saturated heterocycles. The van der Waals surface area contributed by atoms with Crippen LogP contribution in [0.2, 0.25) is 10.0 Å². The molecule has 0 amide bonds. The minimum Gasteiger partial charge on any atom is -0.325 e. The Morgan fingerprint density at radius 3 is 2.30 bits per heavy atom. The van der Waals surface area contributed by atoms with Crippen LogP contribution in [-0.2, 0) is 12.8 Å². The Morgan fingerprint density at radius 2 is 1.60 bits per heavy atom. The van der Waals surface area contributed by atoms with Crippen molar-refractivity contribution in [2.45, 2.75) is 25.3 Å². The summed E-state index contributed by atoms with van der Waals surface area (Å²) in [5.74, 6) is -0.235. The summed E-state index contributed by atoms with van der Waals surface area (Å²) in [6.07, 6.45) is 0.962. The highest BCUT2D eigenvalue weighted by Crippen LogP contribution is 2.29. The molecule has 1 atom stereocenters. The molecule has 106 valence electrons. The van der Waals surface area contributed by atoms with E-state index in [2.05, 4.69) is 0 Å². The van der Waals surface area contributed by atoms with E-state index in [9.17, 15) is 4.39 Å². The minimum atomic E-state index is -0.601. The van der Waals surface area contributed by atoms with Gasteiger partial charge in [-0.25, -0.2) is 4.39 Å². The summed E-state index contributed by atoms with van der Waals surface area (Å²) >= 11 is 12.2. The van der Waals surface area contributed by atoms with Crippen LogP contribution in [0, 0.1) is 5.82 Å². The molecular formula is C16H16Cl2FN. The van der Waals surface area contributed by atoms with Gasteiger partial charge in [0, 0.05) is 5.54 Å². The molecule has 0 radical (unpaired) electrons. The quantitative estimate of drug-likeness (QED) is 0.875. The molecule has 0 heterocycles. The highest BCUT2D eigenvalue weighted by Gasteiger charge is 2.23. The van der Waals surface area contributed by atoms with Crippen LogP contribution in [0.3, 0.4) is 0 Å². The lowest BCUT2D eigenvalue weighted by Gasteiger charge is -2.26. The van der Waals surface area contributed by atoms with Crippen molar-refractivity contribution in [3.05, 3.63) is 69.5 Å². The fraction of sp³-hybridized carbons (Fsp3) is 0.250. The van der Waals surface area contributed by atoms with Crippen LogP contribution in [0.15, 0.2) is 42.5 Å². The Kier molecular flexibility index (Phi) is 4.69. The van der Waals surface area contributed by atoms with Crippen LogP contribution < -0.4 is 5.73 Å². The fourth-order valence-electron chi connectivity index (χ4n) is 2.26. The van der Waals surface area contributed by atoms with Gasteiger partial charge in [0.15, 0.2) is 0 Å². The van der Waals surface area contributed by atoms with E-state index in [1.54, 1.807) is 24.3 Å². The van der Waals surface area contributed by atoms with Crippen LogP contribution in [0.1, 0.15) is 18.1 Å². The van der Waals surface area contributed by atoms with Crippen LogP contribution in [-0.4, -0.2) is 5.54 Å². The minimum absolute atomic E-state index is 0.235. The van der Waals surface area contributed by atoms with Gasteiger partial charge in [0.05, 0.1) is 10.0 Å². The number of hydrogen-bond acceptors (Lipinski definition) is 1. The molecule has 2 aromatic carbocycles. The molecule has 0 aliphatic heterocycles. The summed E-state index contributed by atoms with van der Waals surface area (Å²) in [6, 6.07) is 12.1. The zero-order chi connectivity index (χ0) is 14.8. The maximum atomic E-state index is 13.7. The van der Waals surface area contributed by atoms with Gasteiger partial charge in [0.2, 0.25) is 0 Å². The summed E-state index contributed by atoms with van der Waals surface area (Å²) in [5.41, 5.74) is 7.18. The third-order valence-corrected chi connectivity index (χ3v) is 4.04. The topological polar surface area (TPSA) is 26.0 Å². The first kappa shape index (κ1) is 15.3. The van der Waals surface area contributed by atoms with Crippen LogP contribution >= 0.6 is 23.2 Å². The van der Waals surface area contributed by atoms with E-state index < -0.39 is 5.54 Å². The van der Waals surface area contributed by atoms with Gasteiger partial charge in [-0.15, -0.1) is 0 Å². The summed E-state index contributed by atoms with van der Waals surface area (Å²) < 4.78 is 13.7. The maximum absolute atomic E-state index is 13.7. The Morgan fingerprint density at radius 1 is 1.00 bits per heavy atom. The van der Waals surface area contributed by atoms with E-state index in [1.165, 1.54) is 6.07 Å². The lowest BCUT2D eigenvalue weighted by Crippen LogP contribution is -2.41. The predicted molar refractivity (Wildman–Crippen MR) is 82.9 cm³/mol. The van der Waals surface area contributed by atoms with Crippen molar-refractivity contribution in [3.8, 4) is 0 Å². The van der Waals surface area contributed by atoms with E-state index in [0.717, 1.165) is 5.56 Å². The normalized spacial score (nSPS) is 14.1. The van der Waals surface area contributed by atoms with Gasteiger partial charge in [-0.05, 0) is 43.0 Å². The highest BCUT2D eigenvalue weighted by molar-refractivity contribution is 6.42. The predicted octanol–water partition coefficient (Wildman–Crippen LogP) is 4.64. The molecule has 1 nitrogen and oxygen atoms in total. The van der Waals surface area contributed by atoms with E-state index in [-0.39, 0.29) is 5.82 Å². The lowest BCUT2D eigenvalue weighted by molar-refractivity contribution is 0.451. The van der Waals surface area contributed by atoms with Crippen molar-refractivity contribution in [2.24, 2.45) is 5.73 Å². The van der Waals surface area contributed by atoms with Gasteiger partial charge in [-0.3, -0.25) is 0 Å². The molecule has 2 N–H and O–H groups in total. The average Bonchev–Trinajstić information content (AvgIpc) is 2.37. The highest BCUT2D eigenvalue weighted by atomic mass is 35.5. The fourth-order valence-corrected chi connectivity index (χ4v) is 2.65. The van der Waals surface area contributed by atoms with Crippen molar-refractivity contribution in [2.75, 3.05) is 0 Å². The standard InChI is InChI=1S/C16H16Cl2FN/c1-16(20,9-11-5-2-3-8-14(11)19)10-12-6-4-7-13(17)15(12)18/h2-8H,9-10,20H2,1H3. The molecule has 4 heteroatoms. The van der Waals surface area contributed by atoms with Crippen molar-refractivity contribution in [1.82, 2.24) is 0 Å². The van der Waals surface area contributed by atoms with E-state index in [1.807, 2.05) is 19.1 Å². The third-order valence-electron chi connectivity index (χ3n) is 3.18.